The molecule has 2 aliphatic rings. The quantitative estimate of drug-likeness (QED) is 0.614. The molecule has 7 heteroatoms. The van der Waals surface area contributed by atoms with E-state index in [9.17, 15) is 4.79 Å². The number of carbonyl (C=O) groups is 1. The molecular weight excluding hydrogens is 414 g/mol. The highest BCUT2D eigenvalue weighted by atomic mass is 16.5. The number of benzene rings is 1. The smallest absolute Gasteiger partial charge is 0.241 e. The van der Waals surface area contributed by atoms with Crippen LogP contribution in [0.5, 0.6) is 0 Å². The van der Waals surface area contributed by atoms with Crippen molar-refractivity contribution in [3.8, 4) is 11.4 Å². The standard InChI is InChI=1S/C26H39N5O2/c1-19-14-20(2)16-30(15-19)13-7-11-27-26(32)22-9-6-12-31(17-22)18-24-28-25(29-33-24)23-10-5-4-8-21(23)3/h4-5,8,10,19-20,22H,6-7,9,11-18H2,1-3H3,(H,27,32). The third-order valence-corrected chi connectivity index (χ3v) is 6.98. The number of aryl methyl sites for hydroxylation is 1. The Hall–Kier alpha value is -2.25. The largest absolute Gasteiger partial charge is 0.356 e. The van der Waals surface area contributed by atoms with Crippen LogP contribution in [0.15, 0.2) is 28.8 Å². The predicted octanol–water partition coefficient (Wildman–Crippen LogP) is 3.74. The van der Waals surface area contributed by atoms with Crippen LogP contribution < -0.4 is 5.32 Å². The van der Waals surface area contributed by atoms with E-state index >= 15 is 0 Å². The van der Waals surface area contributed by atoms with Gasteiger partial charge in [0.1, 0.15) is 0 Å². The van der Waals surface area contributed by atoms with Crippen molar-refractivity contribution in [2.24, 2.45) is 17.8 Å². The van der Waals surface area contributed by atoms with Crippen LogP contribution in [0.25, 0.3) is 11.4 Å². The summed E-state index contributed by atoms with van der Waals surface area (Å²) in [6.45, 7) is 13.2. The normalized spacial score (nSPS) is 24.6. The van der Waals surface area contributed by atoms with E-state index in [1.807, 2.05) is 31.2 Å². The number of likely N-dealkylation sites (tertiary alicyclic amines) is 2. The Morgan fingerprint density at radius 1 is 1.15 bits per heavy atom. The molecule has 1 amide bonds. The van der Waals surface area contributed by atoms with Crippen LogP contribution in [0.1, 0.15) is 51.0 Å². The molecule has 33 heavy (non-hydrogen) atoms. The van der Waals surface area contributed by atoms with E-state index in [2.05, 4.69) is 39.1 Å². The van der Waals surface area contributed by atoms with Gasteiger partial charge in [0, 0.05) is 31.7 Å². The van der Waals surface area contributed by atoms with Crippen LogP contribution >= 0.6 is 0 Å². The van der Waals surface area contributed by atoms with Crippen LogP contribution in [0.2, 0.25) is 0 Å². The fraction of sp³-hybridized carbons (Fsp3) is 0.654. The summed E-state index contributed by atoms with van der Waals surface area (Å²) in [4.78, 5) is 22.2. The molecule has 3 atom stereocenters. The summed E-state index contributed by atoms with van der Waals surface area (Å²) < 4.78 is 5.52. The number of rotatable bonds is 8. The van der Waals surface area contributed by atoms with E-state index in [1.54, 1.807) is 0 Å². The fourth-order valence-corrected chi connectivity index (χ4v) is 5.49. The number of nitrogens with zero attached hydrogens (tertiary/aromatic N) is 4. The van der Waals surface area contributed by atoms with Gasteiger partial charge in [0.15, 0.2) is 0 Å². The summed E-state index contributed by atoms with van der Waals surface area (Å²) >= 11 is 0. The predicted molar refractivity (Wildman–Crippen MR) is 129 cm³/mol. The maximum atomic E-state index is 12.8. The molecule has 3 unspecified atom stereocenters. The first-order valence-corrected chi connectivity index (χ1v) is 12.6. The van der Waals surface area contributed by atoms with Gasteiger partial charge in [0.25, 0.3) is 0 Å². The van der Waals surface area contributed by atoms with Gasteiger partial charge in [-0.15, -0.1) is 0 Å². The lowest BCUT2D eigenvalue weighted by Crippen LogP contribution is -2.43. The fourth-order valence-electron chi connectivity index (χ4n) is 5.49. The van der Waals surface area contributed by atoms with Gasteiger partial charge in [-0.25, -0.2) is 0 Å². The van der Waals surface area contributed by atoms with E-state index in [0.29, 0.717) is 18.3 Å². The van der Waals surface area contributed by atoms with Crippen molar-refractivity contribution in [2.75, 3.05) is 39.3 Å². The molecule has 4 rings (SSSR count). The Labute approximate surface area is 197 Å². The zero-order chi connectivity index (χ0) is 23.2. The summed E-state index contributed by atoms with van der Waals surface area (Å²) in [7, 11) is 0. The molecule has 3 heterocycles. The highest BCUT2D eigenvalue weighted by Crippen LogP contribution is 2.23. The number of carbonyl (C=O) groups excluding carboxylic acids is 1. The van der Waals surface area contributed by atoms with E-state index < -0.39 is 0 Å². The highest BCUT2D eigenvalue weighted by Gasteiger charge is 2.27. The minimum absolute atomic E-state index is 0.0348. The molecular formula is C26H39N5O2. The first kappa shape index (κ1) is 23.9. The van der Waals surface area contributed by atoms with Gasteiger partial charge in [-0.05, 0) is 63.1 Å². The molecule has 7 nitrogen and oxygen atoms in total. The third-order valence-electron chi connectivity index (χ3n) is 6.98. The Bertz CT molecular complexity index is 904. The molecule has 2 aromatic rings. The molecule has 2 saturated heterocycles. The molecule has 1 aromatic heterocycles. The minimum Gasteiger partial charge on any atom is -0.356 e. The van der Waals surface area contributed by atoms with Crippen molar-refractivity contribution < 1.29 is 9.32 Å². The van der Waals surface area contributed by atoms with E-state index in [1.165, 1.54) is 19.5 Å². The molecule has 0 aliphatic carbocycles. The van der Waals surface area contributed by atoms with E-state index in [-0.39, 0.29) is 11.8 Å². The van der Waals surface area contributed by atoms with Gasteiger partial charge < -0.3 is 14.7 Å². The monoisotopic (exact) mass is 453 g/mol. The highest BCUT2D eigenvalue weighted by molar-refractivity contribution is 5.78. The Morgan fingerprint density at radius 3 is 2.73 bits per heavy atom. The molecule has 0 spiro atoms. The number of amides is 1. The van der Waals surface area contributed by atoms with Gasteiger partial charge in [-0.1, -0.05) is 43.3 Å². The second-order valence-electron chi connectivity index (χ2n) is 10.3. The van der Waals surface area contributed by atoms with Gasteiger partial charge in [-0.2, -0.15) is 4.98 Å². The summed E-state index contributed by atoms with van der Waals surface area (Å²) in [6, 6.07) is 8.05. The maximum Gasteiger partial charge on any atom is 0.241 e. The van der Waals surface area contributed by atoms with Gasteiger partial charge in [0.2, 0.25) is 17.6 Å². The summed E-state index contributed by atoms with van der Waals surface area (Å²) in [5.41, 5.74) is 2.13. The second kappa shape index (κ2) is 11.3. The maximum absolute atomic E-state index is 12.8. The molecule has 0 radical (unpaired) electrons. The molecule has 180 valence electrons. The minimum atomic E-state index is 0.0348. The summed E-state index contributed by atoms with van der Waals surface area (Å²) in [6.07, 6.45) is 4.32. The zero-order valence-electron chi connectivity index (χ0n) is 20.4. The molecule has 0 saturated carbocycles. The van der Waals surface area contributed by atoms with Gasteiger partial charge in [-0.3, -0.25) is 9.69 Å². The van der Waals surface area contributed by atoms with Crippen molar-refractivity contribution in [1.82, 2.24) is 25.3 Å². The molecule has 2 aliphatic heterocycles. The van der Waals surface area contributed by atoms with Crippen LogP contribution in [0.3, 0.4) is 0 Å². The molecule has 0 bridgehead atoms. The Balaban J connectivity index is 1.21. The lowest BCUT2D eigenvalue weighted by atomic mass is 9.92. The van der Waals surface area contributed by atoms with Gasteiger partial charge in [0.05, 0.1) is 12.5 Å². The van der Waals surface area contributed by atoms with Crippen LogP contribution in [-0.2, 0) is 11.3 Å². The van der Waals surface area contributed by atoms with E-state index in [4.69, 9.17) is 4.52 Å². The summed E-state index contributed by atoms with van der Waals surface area (Å²) in [5, 5.41) is 7.36. The number of nitrogens with one attached hydrogen (secondary N) is 1. The topological polar surface area (TPSA) is 74.5 Å². The van der Waals surface area contributed by atoms with Crippen LogP contribution in [0.4, 0.5) is 0 Å². The lowest BCUT2D eigenvalue weighted by Gasteiger charge is -2.35. The first-order valence-electron chi connectivity index (χ1n) is 12.6. The van der Waals surface area contributed by atoms with Crippen molar-refractivity contribution >= 4 is 5.91 Å². The average molecular weight is 454 g/mol. The number of hydrogen-bond acceptors (Lipinski definition) is 6. The van der Waals surface area contributed by atoms with Crippen LogP contribution in [0, 0.1) is 24.7 Å². The van der Waals surface area contributed by atoms with Crippen LogP contribution in [-0.4, -0.2) is 65.1 Å². The number of aromatic nitrogens is 2. The molecule has 1 N–H and O–H groups in total. The number of piperidine rings is 2. The third kappa shape index (κ3) is 6.64. The SMILES string of the molecule is Cc1ccccc1-c1noc(CN2CCCC(C(=O)NCCCN3CC(C)CC(C)C3)C2)n1. The van der Waals surface area contributed by atoms with Crippen molar-refractivity contribution in [3.63, 3.8) is 0 Å². The van der Waals surface area contributed by atoms with E-state index in [0.717, 1.165) is 68.4 Å². The van der Waals surface area contributed by atoms with Crippen molar-refractivity contribution in [3.05, 3.63) is 35.7 Å². The molecule has 2 fully saturated rings. The molecule has 1 aromatic carbocycles. The van der Waals surface area contributed by atoms with Gasteiger partial charge >= 0.3 is 0 Å². The lowest BCUT2D eigenvalue weighted by molar-refractivity contribution is -0.126. The Kier molecular flexibility index (Phi) is 8.15. The second-order valence-corrected chi connectivity index (χ2v) is 10.3. The van der Waals surface area contributed by atoms with Crippen molar-refractivity contribution in [1.29, 1.82) is 0 Å². The van der Waals surface area contributed by atoms with Crippen molar-refractivity contribution in [2.45, 2.75) is 53.0 Å². The average Bonchev–Trinajstić information content (AvgIpc) is 3.24. The Morgan fingerprint density at radius 2 is 1.94 bits per heavy atom. The number of hydrogen-bond donors (Lipinski definition) is 1. The zero-order valence-corrected chi connectivity index (χ0v) is 20.4. The summed E-state index contributed by atoms with van der Waals surface area (Å²) in [5.74, 6) is 3.02. The first-order chi connectivity index (χ1) is 16.0.